The molecule has 0 N–H and O–H groups in total. The summed E-state index contributed by atoms with van der Waals surface area (Å²) < 4.78 is 17.0. The van der Waals surface area contributed by atoms with E-state index in [-0.39, 0.29) is 0 Å². The summed E-state index contributed by atoms with van der Waals surface area (Å²) in [5.74, 6) is 0. The van der Waals surface area contributed by atoms with Crippen LogP contribution in [0.15, 0.2) is 0 Å². The van der Waals surface area contributed by atoms with Gasteiger partial charge < -0.3 is 0 Å². The third kappa shape index (κ3) is 0.276. The topological polar surface area (TPSA) is 34.1 Å². The predicted octanol–water partition coefficient (Wildman–Crippen LogP) is -0.240. The molecule has 0 atom stereocenters. The zero-order valence-corrected chi connectivity index (χ0v) is 5.99. The molecule has 0 aromatic carbocycles. The summed E-state index contributed by atoms with van der Waals surface area (Å²) in [6.07, 6.45) is 0. The summed E-state index contributed by atoms with van der Waals surface area (Å²) in [4.78, 5) is 0. The molecule has 0 aromatic rings. The second kappa shape index (κ2) is 40.5. The van der Waals surface area contributed by atoms with E-state index in [1.165, 1.54) is 0 Å². The van der Waals surface area contributed by atoms with E-state index in [0.717, 1.165) is 0 Å². The molecule has 4 heteroatoms. The van der Waals surface area contributed by atoms with Gasteiger partial charge in [-0.15, -0.1) is 0 Å². The SMILES string of the molecule is [Bk].[O]=[Ti]=[O]. The van der Waals surface area contributed by atoms with Crippen molar-refractivity contribution in [3.63, 3.8) is 0 Å². The molecule has 0 spiro atoms. The van der Waals surface area contributed by atoms with E-state index < -0.39 is 19.1 Å². The molecule has 0 heterocycles. The van der Waals surface area contributed by atoms with Gasteiger partial charge in [0.05, 0.1) is 0 Å². The van der Waals surface area contributed by atoms with Crippen molar-refractivity contribution in [2.24, 2.45) is 0 Å². The number of rotatable bonds is 0. The third-order valence-electron chi connectivity index (χ3n) is 0. The minimum absolute atomic E-state index is 0. The van der Waals surface area contributed by atoms with Gasteiger partial charge in [0.25, 0.3) is 0 Å². The van der Waals surface area contributed by atoms with Crippen molar-refractivity contribution < 1.29 is 25.7 Å². The fourth-order valence-corrected chi connectivity index (χ4v) is 0. The van der Waals surface area contributed by atoms with Crippen LogP contribution < -0.4 is 0 Å². The quantitative estimate of drug-likeness (QED) is 0.576. The Hall–Kier alpha value is -0.686. The Morgan fingerprint density at radius 2 is 1.25 bits per heavy atom. The van der Waals surface area contributed by atoms with Gasteiger partial charge in [-0.3, -0.25) is 0 Å². The first-order valence-corrected chi connectivity index (χ1v) is 1.68. The Balaban J connectivity index is 0. The van der Waals surface area contributed by atoms with Gasteiger partial charge in [-0.2, -0.15) is 0 Å². The molecule has 0 amide bonds. The van der Waals surface area contributed by atoms with Crippen molar-refractivity contribution in [3.8, 4) is 0 Å². The Morgan fingerprint density at radius 1 is 1.25 bits per heavy atom. The van der Waals surface area contributed by atoms with Crippen LogP contribution in [0.5, 0.6) is 0 Å². The van der Waals surface area contributed by atoms with Crippen LogP contribution in [0.1, 0.15) is 0 Å². The van der Waals surface area contributed by atoms with Gasteiger partial charge in [-0.05, 0) is 0 Å². The molecule has 0 aliphatic heterocycles. The van der Waals surface area contributed by atoms with Crippen molar-refractivity contribution in [2.75, 3.05) is 0 Å². The molecule has 0 rings (SSSR count). The van der Waals surface area contributed by atoms with Crippen LogP contribution in [0.2, 0.25) is 0 Å². The van der Waals surface area contributed by atoms with E-state index in [4.69, 9.17) is 6.65 Å². The van der Waals surface area contributed by atoms with Crippen molar-refractivity contribution >= 4 is 0 Å². The average molecular weight is 327 g/mol. The maximum atomic E-state index is 8.50. The fraction of sp³-hybridized carbons (Fsp3) is 0. The van der Waals surface area contributed by atoms with E-state index in [0.29, 0.717) is 0 Å². The van der Waals surface area contributed by atoms with E-state index in [2.05, 4.69) is 0 Å². The molecule has 0 aliphatic rings. The van der Waals surface area contributed by atoms with Crippen molar-refractivity contribution in [3.05, 3.63) is 0 Å². The third-order valence-corrected chi connectivity index (χ3v) is 0. The second-order valence-electron chi connectivity index (χ2n) is 0.0833. The zero-order chi connectivity index (χ0) is 2.71. The molecule has 0 unspecified atom stereocenters. The minimum atomic E-state index is -2.00. The van der Waals surface area contributed by atoms with Crippen LogP contribution >= 0.6 is 0 Å². The first kappa shape index (κ1) is 10.3. The Bertz CT molecular complexity index is 27.0. The molecular weight excluding hydrogens is 327 g/mol. The normalized spacial score (nSPS) is 2.00. The summed E-state index contributed by atoms with van der Waals surface area (Å²) >= 11 is -2.00. The van der Waals surface area contributed by atoms with Gasteiger partial charge >= 0.3 is 25.7 Å². The molecule has 4 heavy (non-hydrogen) atoms. The zero-order valence-electron chi connectivity index (χ0n) is 1.65. The summed E-state index contributed by atoms with van der Waals surface area (Å²) in [6.45, 7) is 0. The summed E-state index contributed by atoms with van der Waals surface area (Å²) in [7, 11) is 0. The van der Waals surface area contributed by atoms with Gasteiger partial charge in [0.1, 0.15) is 0 Å². The molecular formula is BkO2Ti. The molecule has 0 fully saturated rings. The molecule has 0 bridgehead atoms. The van der Waals surface area contributed by atoms with Crippen LogP contribution in [0, 0.1) is 0 Å². The van der Waals surface area contributed by atoms with E-state index >= 15 is 0 Å². The summed E-state index contributed by atoms with van der Waals surface area (Å²) in [5, 5.41) is 0. The van der Waals surface area contributed by atoms with Crippen LogP contribution in [0.4, 0.5) is 0 Å². The molecule has 2 nitrogen and oxygen atoms in total. The van der Waals surface area contributed by atoms with Crippen LogP contribution in [-0.4, -0.2) is 0 Å². The van der Waals surface area contributed by atoms with Gasteiger partial charge in [-0.1, -0.05) is 0 Å². The molecule has 1 radical (unpaired) electrons. The second-order valence-corrected chi connectivity index (χ2v) is 0.344. The maximum absolute atomic E-state index is 8.50. The molecule has 0 saturated carbocycles. The number of hydrogen-bond donors (Lipinski definition) is 0. The summed E-state index contributed by atoms with van der Waals surface area (Å²) in [6, 6.07) is 0. The Morgan fingerprint density at radius 3 is 1.25 bits per heavy atom. The van der Waals surface area contributed by atoms with Crippen LogP contribution in [0.25, 0.3) is 0 Å². The Kier molecular flexibility index (Phi) is 104. The van der Waals surface area contributed by atoms with E-state index in [1.807, 2.05) is 0 Å². The van der Waals surface area contributed by atoms with Crippen molar-refractivity contribution in [1.29, 1.82) is 0 Å². The van der Waals surface area contributed by atoms with Gasteiger partial charge in [0.2, 0.25) is 0 Å². The van der Waals surface area contributed by atoms with Crippen LogP contribution in [-0.2, 0) is 25.7 Å². The fourth-order valence-electron chi connectivity index (χ4n) is 0. The average Bonchev–Trinajstić information content (AvgIpc) is 0.918. The first-order chi connectivity index (χ1) is 1.41. The molecule has 25 valence electrons. The first-order valence-electron chi connectivity index (χ1n) is 0.408. The molecule has 0 aromatic heterocycles. The Labute approximate surface area is 26.4 Å². The standard InChI is InChI=1S/Bk.2O.Ti. The van der Waals surface area contributed by atoms with Gasteiger partial charge in [0, 0.05) is 0 Å². The van der Waals surface area contributed by atoms with Crippen LogP contribution in [0.3, 0.4) is 0 Å². The van der Waals surface area contributed by atoms with E-state index in [9.17, 15) is 0 Å². The predicted molar refractivity (Wildman–Crippen MR) is 1.37 cm³/mol. The summed E-state index contributed by atoms with van der Waals surface area (Å²) in [5.41, 5.74) is 0. The molecule has 0 aliphatic carbocycles. The van der Waals surface area contributed by atoms with Gasteiger partial charge in [-0.25, -0.2) is 0 Å². The van der Waals surface area contributed by atoms with Crippen molar-refractivity contribution in [2.45, 2.75) is 0 Å². The van der Waals surface area contributed by atoms with E-state index in [1.54, 1.807) is 0 Å². The van der Waals surface area contributed by atoms with Gasteiger partial charge in [0.15, 0.2) is 0 Å². The molecule has 0 saturated heterocycles. The monoisotopic (exact) mass is 327 g/mol. The number of hydrogen-bond acceptors (Lipinski definition) is 2. The van der Waals surface area contributed by atoms with Crippen molar-refractivity contribution in [1.82, 2.24) is 0 Å².